The van der Waals surface area contributed by atoms with Crippen molar-refractivity contribution in [1.82, 2.24) is 0 Å². The van der Waals surface area contributed by atoms with E-state index in [0.29, 0.717) is 12.8 Å². The SMILES string of the molecule is CN(C(=O)C1(C#N)CCCCC1)c1ccccc1F. The number of nitriles is 1. The molecule has 1 fully saturated rings. The Balaban J connectivity index is 2.28. The highest BCUT2D eigenvalue weighted by molar-refractivity contribution is 5.99. The summed E-state index contributed by atoms with van der Waals surface area (Å²) in [4.78, 5) is 13.8. The maximum absolute atomic E-state index is 13.7. The molecule has 1 amide bonds. The molecule has 1 aliphatic carbocycles. The van der Waals surface area contributed by atoms with Gasteiger partial charge in [-0.2, -0.15) is 5.26 Å². The van der Waals surface area contributed by atoms with Gasteiger partial charge in [0.25, 0.3) is 0 Å². The molecule has 1 saturated carbocycles. The van der Waals surface area contributed by atoms with Gasteiger partial charge in [-0.15, -0.1) is 0 Å². The second kappa shape index (κ2) is 5.40. The summed E-state index contributed by atoms with van der Waals surface area (Å²) >= 11 is 0. The molecule has 0 aliphatic heterocycles. The number of halogens is 1. The van der Waals surface area contributed by atoms with Gasteiger partial charge in [-0.25, -0.2) is 4.39 Å². The van der Waals surface area contributed by atoms with Crippen molar-refractivity contribution in [2.24, 2.45) is 5.41 Å². The van der Waals surface area contributed by atoms with Crippen LogP contribution in [0.5, 0.6) is 0 Å². The minimum absolute atomic E-state index is 0.229. The molecule has 0 saturated heterocycles. The minimum Gasteiger partial charge on any atom is -0.311 e. The topological polar surface area (TPSA) is 44.1 Å². The smallest absolute Gasteiger partial charge is 0.247 e. The maximum Gasteiger partial charge on any atom is 0.247 e. The fourth-order valence-corrected chi connectivity index (χ4v) is 2.68. The largest absolute Gasteiger partial charge is 0.311 e. The lowest BCUT2D eigenvalue weighted by molar-refractivity contribution is -0.126. The van der Waals surface area contributed by atoms with Gasteiger partial charge < -0.3 is 4.90 Å². The zero-order valence-electron chi connectivity index (χ0n) is 11.0. The summed E-state index contributed by atoms with van der Waals surface area (Å²) in [5.41, 5.74) is -0.748. The number of carbonyl (C=O) groups excluding carboxylic acids is 1. The lowest BCUT2D eigenvalue weighted by Crippen LogP contribution is -2.43. The highest BCUT2D eigenvalue weighted by Crippen LogP contribution is 2.38. The van der Waals surface area contributed by atoms with E-state index < -0.39 is 11.2 Å². The van der Waals surface area contributed by atoms with E-state index in [9.17, 15) is 14.4 Å². The molecular weight excluding hydrogens is 243 g/mol. The lowest BCUT2D eigenvalue weighted by atomic mass is 9.74. The second-order valence-corrected chi connectivity index (χ2v) is 5.07. The first-order valence-electron chi connectivity index (χ1n) is 6.55. The Morgan fingerprint density at radius 1 is 1.32 bits per heavy atom. The Morgan fingerprint density at radius 2 is 1.95 bits per heavy atom. The average Bonchev–Trinajstić information content (AvgIpc) is 2.47. The number of nitrogens with zero attached hydrogens (tertiary/aromatic N) is 2. The molecule has 0 radical (unpaired) electrons. The molecule has 0 unspecified atom stereocenters. The third-order valence-electron chi connectivity index (χ3n) is 3.85. The van der Waals surface area contributed by atoms with Crippen LogP contribution < -0.4 is 4.90 Å². The molecule has 0 bridgehead atoms. The van der Waals surface area contributed by atoms with Crippen LogP contribution in [0.4, 0.5) is 10.1 Å². The van der Waals surface area contributed by atoms with Crippen LogP contribution in [0.3, 0.4) is 0 Å². The molecule has 0 N–H and O–H groups in total. The van der Waals surface area contributed by atoms with Gasteiger partial charge in [-0.1, -0.05) is 31.4 Å². The number of amides is 1. The van der Waals surface area contributed by atoms with E-state index in [0.717, 1.165) is 19.3 Å². The highest BCUT2D eigenvalue weighted by atomic mass is 19.1. The van der Waals surface area contributed by atoms with Crippen LogP contribution >= 0.6 is 0 Å². The van der Waals surface area contributed by atoms with Crippen LogP contribution in [0.25, 0.3) is 0 Å². The van der Waals surface area contributed by atoms with Gasteiger partial charge in [0.15, 0.2) is 0 Å². The number of benzene rings is 1. The van der Waals surface area contributed by atoms with Crippen LogP contribution in [0.2, 0.25) is 0 Å². The summed E-state index contributed by atoms with van der Waals surface area (Å²) in [6.07, 6.45) is 3.96. The Kier molecular flexibility index (Phi) is 3.84. The van der Waals surface area contributed by atoms with Gasteiger partial charge in [0.2, 0.25) is 5.91 Å². The van der Waals surface area contributed by atoms with E-state index in [1.165, 1.54) is 18.0 Å². The summed E-state index contributed by atoms with van der Waals surface area (Å²) in [6, 6.07) is 8.31. The molecule has 2 rings (SSSR count). The fraction of sp³-hybridized carbons (Fsp3) is 0.467. The third kappa shape index (κ3) is 2.46. The number of carbonyl (C=O) groups is 1. The van der Waals surface area contributed by atoms with Gasteiger partial charge in [0, 0.05) is 7.05 Å². The summed E-state index contributed by atoms with van der Waals surface area (Å²) in [6.45, 7) is 0. The van der Waals surface area contributed by atoms with Crippen LogP contribution in [0, 0.1) is 22.6 Å². The monoisotopic (exact) mass is 260 g/mol. The fourth-order valence-electron chi connectivity index (χ4n) is 2.68. The van der Waals surface area contributed by atoms with Crippen LogP contribution in [0.15, 0.2) is 24.3 Å². The molecule has 4 heteroatoms. The molecule has 1 aliphatic rings. The van der Waals surface area contributed by atoms with Gasteiger partial charge in [-0.3, -0.25) is 4.79 Å². The van der Waals surface area contributed by atoms with Gasteiger partial charge in [0.05, 0.1) is 11.8 Å². The maximum atomic E-state index is 13.7. The van der Waals surface area contributed by atoms with Crippen molar-refractivity contribution in [2.75, 3.05) is 11.9 Å². The first kappa shape index (κ1) is 13.5. The molecule has 100 valence electrons. The van der Waals surface area contributed by atoms with Gasteiger partial charge >= 0.3 is 0 Å². The van der Waals surface area contributed by atoms with Crippen LogP contribution in [0.1, 0.15) is 32.1 Å². The van der Waals surface area contributed by atoms with E-state index in [1.54, 1.807) is 18.2 Å². The number of rotatable bonds is 2. The average molecular weight is 260 g/mol. The minimum atomic E-state index is -0.977. The number of para-hydroxylation sites is 1. The van der Waals surface area contributed by atoms with Crippen molar-refractivity contribution >= 4 is 11.6 Å². The number of hydrogen-bond donors (Lipinski definition) is 0. The zero-order valence-corrected chi connectivity index (χ0v) is 11.0. The summed E-state index contributed by atoms with van der Waals surface area (Å²) in [5.74, 6) is -0.734. The standard InChI is InChI=1S/C15H17FN2O/c1-18(13-8-4-3-7-12(13)16)14(19)15(11-17)9-5-2-6-10-15/h3-4,7-8H,2,5-6,9-10H2,1H3. The summed E-state index contributed by atoms with van der Waals surface area (Å²) in [5, 5.41) is 9.39. The first-order valence-corrected chi connectivity index (χ1v) is 6.55. The zero-order chi connectivity index (χ0) is 13.9. The lowest BCUT2D eigenvalue weighted by Gasteiger charge is -2.33. The van der Waals surface area contributed by atoms with E-state index in [4.69, 9.17) is 0 Å². The van der Waals surface area contributed by atoms with E-state index >= 15 is 0 Å². The van der Waals surface area contributed by atoms with E-state index in [1.807, 2.05) is 0 Å². The van der Waals surface area contributed by atoms with Crippen molar-refractivity contribution < 1.29 is 9.18 Å². The quantitative estimate of drug-likeness (QED) is 0.819. The number of anilines is 1. The highest BCUT2D eigenvalue weighted by Gasteiger charge is 2.42. The molecule has 0 heterocycles. The Morgan fingerprint density at radius 3 is 2.53 bits per heavy atom. The Labute approximate surface area is 112 Å². The predicted molar refractivity (Wildman–Crippen MR) is 70.9 cm³/mol. The summed E-state index contributed by atoms with van der Waals surface area (Å²) in [7, 11) is 1.54. The van der Waals surface area contributed by atoms with Crippen molar-refractivity contribution in [2.45, 2.75) is 32.1 Å². The molecule has 1 aromatic rings. The Hall–Kier alpha value is -1.89. The van der Waals surface area contributed by atoms with Gasteiger partial charge in [-0.05, 0) is 25.0 Å². The third-order valence-corrected chi connectivity index (χ3v) is 3.85. The normalized spacial score (nSPS) is 17.5. The van der Waals surface area contributed by atoms with E-state index in [2.05, 4.69) is 6.07 Å². The predicted octanol–water partition coefficient (Wildman–Crippen LogP) is 3.26. The van der Waals surface area contributed by atoms with Gasteiger partial charge in [0.1, 0.15) is 11.2 Å². The first-order chi connectivity index (χ1) is 9.10. The number of hydrogen-bond acceptors (Lipinski definition) is 2. The molecule has 0 spiro atoms. The van der Waals surface area contributed by atoms with Crippen molar-refractivity contribution in [1.29, 1.82) is 5.26 Å². The second-order valence-electron chi connectivity index (χ2n) is 5.07. The van der Waals surface area contributed by atoms with Crippen molar-refractivity contribution in [3.05, 3.63) is 30.1 Å². The Bertz CT molecular complexity index is 515. The molecule has 0 atom stereocenters. The molecule has 1 aromatic carbocycles. The van der Waals surface area contributed by atoms with Crippen LogP contribution in [-0.2, 0) is 4.79 Å². The van der Waals surface area contributed by atoms with Crippen LogP contribution in [-0.4, -0.2) is 13.0 Å². The molecular formula is C15H17FN2O. The van der Waals surface area contributed by atoms with Crippen molar-refractivity contribution in [3.63, 3.8) is 0 Å². The van der Waals surface area contributed by atoms with E-state index in [-0.39, 0.29) is 11.6 Å². The molecule has 3 nitrogen and oxygen atoms in total. The van der Waals surface area contributed by atoms with Crippen molar-refractivity contribution in [3.8, 4) is 6.07 Å². The molecule has 0 aromatic heterocycles. The molecule has 19 heavy (non-hydrogen) atoms. The summed E-state index contributed by atoms with van der Waals surface area (Å²) < 4.78 is 13.7.